The van der Waals surface area contributed by atoms with Gasteiger partial charge < -0.3 is 0 Å². The van der Waals surface area contributed by atoms with Crippen molar-refractivity contribution in [1.82, 2.24) is 0 Å². The van der Waals surface area contributed by atoms with E-state index in [2.05, 4.69) is 13.5 Å². The second-order valence-corrected chi connectivity index (χ2v) is 5.33. The van der Waals surface area contributed by atoms with Crippen LogP contribution in [0.2, 0.25) is 0 Å². The van der Waals surface area contributed by atoms with Crippen molar-refractivity contribution in [2.75, 3.05) is 0 Å². The molecule has 0 spiro atoms. The minimum atomic E-state index is 0.754. The van der Waals surface area contributed by atoms with Crippen LogP contribution in [0.15, 0.2) is 12.2 Å². The lowest BCUT2D eigenvalue weighted by atomic mass is 9.37. The molecule has 4 aliphatic carbocycles. The lowest BCUT2D eigenvalue weighted by Gasteiger charge is -2.68. The monoisotopic (exact) mass is 162 g/mol. The van der Waals surface area contributed by atoms with Crippen molar-refractivity contribution in [2.45, 2.75) is 39.0 Å². The summed E-state index contributed by atoms with van der Waals surface area (Å²) in [7, 11) is 0. The standard InChI is InChI=1S/C12H18/c1-8-6-7-12(2)9-4-3-5-10(12)11(8)9/h9-11H,1,3-7H2,2H3. The van der Waals surface area contributed by atoms with Gasteiger partial charge in [-0.3, -0.25) is 0 Å². The predicted octanol–water partition coefficient (Wildman–Crippen LogP) is 3.39. The Kier molecular flexibility index (Phi) is 1.18. The van der Waals surface area contributed by atoms with Crippen molar-refractivity contribution >= 4 is 0 Å². The quantitative estimate of drug-likeness (QED) is 0.479. The summed E-state index contributed by atoms with van der Waals surface area (Å²) in [5, 5.41) is 0. The predicted molar refractivity (Wildman–Crippen MR) is 50.8 cm³/mol. The van der Waals surface area contributed by atoms with Crippen molar-refractivity contribution in [3.05, 3.63) is 12.2 Å². The molecular weight excluding hydrogens is 144 g/mol. The third-order valence-electron chi connectivity index (χ3n) is 5.05. The fourth-order valence-corrected chi connectivity index (χ4v) is 4.37. The Morgan fingerprint density at radius 3 is 2.58 bits per heavy atom. The third kappa shape index (κ3) is 0.582. The second kappa shape index (κ2) is 1.97. The smallest absolute Gasteiger partial charge is 0.0139 e. The van der Waals surface area contributed by atoms with Crippen LogP contribution in [0, 0.1) is 23.2 Å². The van der Waals surface area contributed by atoms with Crippen LogP contribution in [0.4, 0.5) is 0 Å². The highest BCUT2D eigenvalue weighted by atomic mass is 14.7. The highest BCUT2D eigenvalue weighted by Crippen LogP contribution is 2.70. The van der Waals surface area contributed by atoms with E-state index in [9.17, 15) is 0 Å². The van der Waals surface area contributed by atoms with Gasteiger partial charge in [-0.15, -0.1) is 0 Å². The van der Waals surface area contributed by atoms with Gasteiger partial charge in [0.05, 0.1) is 0 Å². The third-order valence-corrected chi connectivity index (χ3v) is 5.05. The SMILES string of the molecule is C=C1CCC2(C)C3CCCC2C13. The van der Waals surface area contributed by atoms with Crippen molar-refractivity contribution in [3.8, 4) is 0 Å². The Morgan fingerprint density at radius 1 is 1.33 bits per heavy atom. The lowest BCUT2D eigenvalue weighted by Crippen LogP contribution is -2.60. The van der Waals surface area contributed by atoms with Gasteiger partial charge >= 0.3 is 0 Å². The second-order valence-electron chi connectivity index (χ2n) is 5.33. The molecule has 0 aromatic heterocycles. The molecule has 0 aromatic rings. The first-order valence-electron chi connectivity index (χ1n) is 5.41. The van der Waals surface area contributed by atoms with Gasteiger partial charge in [0.2, 0.25) is 0 Å². The van der Waals surface area contributed by atoms with E-state index in [1.165, 1.54) is 32.1 Å². The summed E-state index contributed by atoms with van der Waals surface area (Å²) >= 11 is 0. The van der Waals surface area contributed by atoms with Gasteiger partial charge in [0, 0.05) is 0 Å². The molecule has 2 atom stereocenters. The minimum absolute atomic E-state index is 0.754. The largest absolute Gasteiger partial charge is 0.0996 e. The topological polar surface area (TPSA) is 0 Å². The van der Waals surface area contributed by atoms with E-state index in [4.69, 9.17) is 0 Å². The summed E-state index contributed by atoms with van der Waals surface area (Å²) in [6.45, 7) is 6.78. The molecule has 0 aliphatic heterocycles. The zero-order valence-electron chi connectivity index (χ0n) is 7.97. The molecule has 0 amide bonds. The maximum Gasteiger partial charge on any atom is -0.0139 e. The van der Waals surface area contributed by atoms with E-state index in [0.717, 1.165) is 23.2 Å². The molecule has 0 aromatic carbocycles. The number of allylic oxidation sites excluding steroid dienone is 1. The molecule has 0 N–H and O–H groups in total. The van der Waals surface area contributed by atoms with Crippen LogP contribution in [0.25, 0.3) is 0 Å². The molecule has 4 rings (SSSR count). The van der Waals surface area contributed by atoms with Gasteiger partial charge in [-0.2, -0.15) is 0 Å². The van der Waals surface area contributed by atoms with E-state index < -0.39 is 0 Å². The molecule has 0 radical (unpaired) electrons. The fraction of sp³-hybridized carbons (Fsp3) is 0.833. The summed E-state index contributed by atoms with van der Waals surface area (Å²) in [5.41, 5.74) is 2.35. The normalized spacial score (nSPS) is 56.4. The molecule has 0 nitrogen and oxygen atoms in total. The molecule has 4 bridgehead atoms. The van der Waals surface area contributed by atoms with Crippen LogP contribution < -0.4 is 0 Å². The first-order valence-corrected chi connectivity index (χ1v) is 5.41. The first kappa shape index (κ1) is 7.17. The van der Waals surface area contributed by atoms with Gasteiger partial charge in [-0.25, -0.2) is 0 Å². The van der Waals surface area contributed by atoms with Crippen LogP contribution in [0.5, 0.6) is 0 Å². The van der Waals surface area contributed by atoms with E-state index in [1.807, 2.05) is 0 Å². The van der Waals surface area contributed by atoms with Crippen LogP contribution >= 0.6 is 0 Å². The zero-order chi connectivity index (χ0) is 8.34. The molecule has 12 heavy (non-hydrogen) atoms. The molecular formula is C12H18. The average Bonchev–Trinajstić information content (AvgIpc) is 2.11. The van der Waals surface area contributed by atoms with Crippen LogP contribution in [-0.2, 0) is 0 Å². The van der Waals surface area contributed by atoms with Gasteiger partial charge in [-0.05, 0) is 48.9 Å². The summed E-state index contributed by atoms with van der Waals surface area (Å²) < 4.78 is 0. The minimum Gasteiger partial charge on any atom is -0.0996 e. The van der Waals surface area contributed by atoms with Crippen molar-refractivity contribution in [2.24, 2.45) is 23.2 Å². The Hall–Kier alpha value is -0.260. The summed E-state index contributed by atoms with van der Waals surface area (Å²) in [6.07, 6.45) is 7.26. The molecule has 66 valence electrons. The van der Waals surface area contributed by atoms with Gasteiger partial charge in [0.1, 0.15) is 0 Å². The molecule has 0 saturated heterocycles. The summed E-state index contributed by atoms with van der Waals surface area (Å²) in [6, 6.07) is 0. The number of hydrogen-bond acceptors (Lipinski definition) is 0. The first-order chi connectivity index (χ1) is 5.73. The van der Waals surface area contributed by atoms with E-state index in [0.29, 0.717) is 0 Å². The van der Waals surface area contributed by atoms with E-state index in [1.54, 1.807) is 5.57 Å². The summed E-state index contributed by atoms with van der Waals surface area (Å²) in [4.78, 5) is 0. The van der Waals surface area contributed by atoms with Crippen molar-refractivity contribution < 1.29 is 0 Å². The van der Waals surface area contributed by atoms with Crippen molar-refractivity contribution in [3.63, 3.8) is 0 Å². The molecule has 4 fully saturated rings. The van der Waals surface area contributed by atoms with E-state index in [-0.39, 0.29) is 0 Å². The molecule has 4 saturated carbocycles. The highest BCUT2D eigenvalue weighted by molar-refractivity contribution is 5.24. The Bertz CT molecular complexity index is 226. The van der Waals surface area contributed by atoms with Crippen LogP contribution in [0.1, 0.15) is 39.0 Å². The number of fused-ring (bicyclic) bond motifs is 2. The molecule has 4 aliphatic rings. The van der Waals surface area contributed by atoms with Crippen molar-refractivity contribution in [1.29, 1.82) is 0 Å². The maximum absolute atomic E-state index is 4.25. The number of hydrogen-bond donors (Lipinski definition) is 0. The fourth-order valence-electron chi connectivity index (χ4n) is 4.37. The zero-order valence-corrected chi connectivity index (χ0v) is 7.97. The molecule has 0 heteroatoms. The Morgan fingerprint density at radius 2 is 2.00 bits per heavy atom. The lowest BCUT2D eigenvalue weighted by molar-refractivity contribution is -0.156. The molecule has 2 unspecified atom stereocenters. The van der Waals surface area contributed by atoms with Gasteiger partial charge in [0.25, 0.3) is 0 Å². The maximum atomic E-state index is 4.25. The highest BCUT2D eigenvalue weighted by Gasteiger charge is 2.62. The van der Waals surface area contributed by atoms with Gasteiger partial charge in [-0.1, -0.05) is 25.5 Å². The number of rotatable bonds is 0. The van der Waals surface area contributed by atoms with Crippen LogP contribution in [-0.4, -0.2) is 0 Å². The van der Waals surface area contributed by atoms with E-state index >= 15 is 0 Å². The van der Waals surface area contributed by atoms with Gasteiger partial charge in [0.15, 0.2) is 0 Å². The average molecular weight is 162 g/mol. The van der Waals surface area contributed by atoms with Crippen LogP contribution in [0.3, 0.4) is 0 Å². The Labute approximate surface area is 75.0 Å². The molecule has 0 heterocycles. The summed E-state index contributed by atoms with van der Waals surface area (Å²) in [5.74, 6) is 3.03. The Balaban J connectivity index is 1.98.